The maximum Gasteiger partial charge on any atom is 0.117 e. The Morgan fingerprint density at radius 2 is 2.20 bits per heavy atom. The van der Waals surface area contributed by atoms with E-state index in [1.54, 1.807) is 11.3 Å². The number of hydrogen-bond donors (Lipinski definition) is 0. The molecule has 0 aliphatic heterocycles. The average Bonchev–Trinajstić information content (AvgIpc) is 2.11. The molecule has 0 N–H and O–H groups in total. The highest BCUT2D eigenvalue weighted by Crippen LogP contribution is 2.35. The highest BCUT2D eigenvalue weighted by molar-refractivity contribution is 14.1. The van der Waals surface area contributed by atoms with E-state index in [4.69, 9.17) is 11.6 Å². The van der Waals surface area contributed by atoms with Crippen LogP contribution in [-0.4, -0.2) is 14.1 Å². The summed E-state index contributed by atoms with van der Waals surface area (Å²) < 4.78 is 2.09. The van der Waals surface area contributed by atoms with Crippen molar-refractivity contribution in [3.63, 3.8) is 0 Å². The number of rotatable bonds is 1. The summed E-state index contributed by atoms with van der Waals surface area (Å²) in [7, 11) is 3.99. The van der Waals surface area contributed by atoms with Crippen molar-refractivity contribution in [3.05, 3.63) is 13.3 Å². The van der Waals surface area contributed by atoms with E-state index in [1.165, 1.54) is 3.57 Å². The van der Waals surface area contributed by atoms with Crippen LogP contribution in [0.3, 0.4) is 0 Å². The zero-order valence-electron chi connectivity index (χ0n) is 5.69. The van der Waals surface area contributed by atoms with Crippen molar-refractivity contribution in [1.29, 1.82) is 0 Å². The van der Waals surface area contributed by atoms with Gasteiger partial charge < -0.3 is 4.90 Å². The smallest absolute Gasteiger partial charge is 0.117 e. The number of nitrogens with zero attached hydrogens (tertiary/aromatic N) is 1. The van der Waals surface area contributed by atoms with Gasteiger partial charge in [-0.15, -0.1) is 11.3 Å². The zero-order valence-corrected chi connectivity index (χ0v) is 9.42. The molecule has 1 heterocycles. The fourth-order valence-electron chi connectivity index (χ4n) is 0.698. The fraction of sp³-hybridized carbons (Fsp3) is 0.333. The minimum atomic E-state index is 0.870. The molecular formula is C6H7ClINS. The van der Waals surface area contributed by atoms with E-state index < -0.39 is 0 Å². The van der Waals surface area contributed by atoms with Gasteiger partial charge in [0.05, 0.1) is 5.69 Å². The van der Waals surface area contributed by atoms with Crippen LogP contribution in [0.25, 0.3) is 0 Å². The van der Waals surface area contributed by atoms with Crippen LogP contribution in [0.5, 0.6) is 0 Å². The van der Waals surface area contributed by atoms with Crippen LogP contribution in [0, 0.1) is 3.57 Å². The second-order valence-electron chi connectivity index (χ2n) is 2.10. The monoisotopic (exact) mass is 287 g/mol. The van der Waals surface area contributed by atoms with E-state index in [9.17, 15) is 0 Å². The minimum Gasteiger partial charge on any atom is -0.375 e. The lowest BCUT2D eigenvalue weighted by Gasteiger charge is -2.10. The van der Waals surface area contributed by atoms with Crippen LogP contribution in [0.2, 0.25) is 4.34 Å². The Hall–Kier alpha value is 0.520. The SMILES string of the molecule is CN(C)c1c(I)csc1Cl. The number of thiophene rings is 1. The molecule has 0 amide bonds. The Morgan fingerprint density at radius 1 is 1.60 bits per heavy atom. The van der Waals surface area contributed by atoms with E-state index in [-0.39, 0.29) is 0 Å². The lowest BCUT2D eigenvalue weighted by atomic mass is 10.5. The molecule has 0 atom stereocenters. The van der Waals surface area contributed by atoms with Crippen molar-refractivity contribution in [2.45, 2.75) is 0 Å². The van der Waals surface area contributed by atoms with E-state index in [0.29, 0.717) is 0 Å². The topological polar surface area (TPSA) is 3.24 Å². The van der Waals surface area contributed by atoms with Gasteiger partial charge in [-0.05, 0) is 22.6 Å². The molecule has 1 nitrogen and oxygen atoms in total. The largest absolute Gasteiger partial charge is 0.375 e. The Labute approximate surface area is 83.1 Å². The molecule has 0 aliphatic carbocycles. The van der Waals surface area contributed by atoms with Crippen LogP contribution >= 0.6 is 45.5 Å². The third kappa shape index (κ3) is 1.57. The van der Waals surface area contributed by atoms with Crippen LogP contribution in [0.15, 0.2) is 5.38 Å². The Morgan fingerprint density at radius 3 is 2.40 bits per heavy atom. The second-order valence-corrected chi connectivity index (χ2v) is 4.74. The molecule has 10 heavy (non-hydrogen) atoms. The van der Waals surface area contributed by atoms with Crippen LogP contribution in [0.4, 0.5) is 5.69 Å². The first-order valence-electron chi connectivity index (χ1n) is 2.72. The number of anilines is 1. The van der Waals surface area contributed by atoms with Gasteiger partial charge in [-0.1, -0.05) is 11.6 Å². The summed E-state index contributed by atoms with van der Waals surface area (Å²) in [5, 5.41) is 2.05. The van der Waals surface area contributed by atoms with Crippen molar-refractivity contribution in [3.8, 4) is 0 Å². The molecule has 1 aromatic heterocycles. The Kier molecular flexibility index (Phi) is 2.82. The van der Waals surface area contributed by atoms with Crippen molar-refractivity contribution in [2.24, 2.45) is 0 Å². The van der Waals surface area contributed by atoms with E-state index in [0.717, 1.165) is 10.0 Å². The van der Waals surface area contributed by atoms with Crippen LogP contribution < -0.4 is 4.90 Å². The molecule has 0 saturated heterocycles. The van der Waals surface area contributed by atoms with Gasteiger partial charge in [0.25, 0.3) is 0 Å². The average molecular weight is 288 g/mol. The van der Waals surface area contributed by atoms with Crippen molar-refractivity contribution < 1.29 is 0 Å². The van der Waals surface area contributed by atoms with Gasteiger partial charge in [0, 0.05) is 23.0 Å². The van der Waals surface area contributed by atoms with E-state index in [1.807, 2.05) is 19.0 Å². The number of halogens is 2. The minimum absolute atomic E-state index is 0.870. The molecule has 1 aromatic rings. The van der Waals surface area contributed by atoms with Gasteiger partial charge in [0.1, 0.15) is 4.34 Å². The molecule has 0 unspecified atom stereocenters. The van der Waals surface area contributed by atoms with Gasteiger partial charge in [-0.25, -0.2) is 0 Å². The molecule has 0 radical (unpaired) electrons. The summed E-state index contributed by atoms with van der Waals surface area (Å²) in [4.78, 5) is 2.03. The van der Waals surface area contributed by atoms with E-state index >= 15 is 0 Å². The van der Waals surface area contributed by atoms with Crippen molar-refractivity contribution >= 4 is 51.2 Å². The quantitative estimate of drug-likeness (QED) is 0.718. The van der Waals surface area contributed by atoms with Gasteiger partial charge in [0.15, 0.2) is 0 Å². The maximum atomic E-state index is 5.91. The lowest BCUT2D eigenvalue weighted by Crippen LogP contribution is -2.08. The standard InChI is InChI=1S/C6H7ClINS/c1-9(2)5-4(8)3-10-6(5)7/h3H,1-2H3. The van der Waals surface area contributed by atoms with Gasteiger partial charge >= 0.3 is 0 Å². The molecule has 4 heteroatoms. The zero-order chi connectivity index (χ0) is 7.72. The van der Waals surface area contributed by atoms with Crippen LogP contribution in [-0.2, 0) is 0 Å². The summed E-state index contributed by atoms with van der Waals surface area (Å²) in [5.74, 6) is 0. The van der Waals surface area contributed by atoms with Gasteiger partial charge in [-0.3, -0.25) is 0 Å². The lowest BCUT2D eigenvalue weighted by molar-refractivity contribution is 1.13. The molecular weight excluding hydrogens is 280 g/mol. The predicted molar refractivity (Wildman–Crippen MR) is 56.4 cm³/mol. The molecule has 0 aromatic carbocycles. The molecule has 56 valence electrons. The highest BCUT2D eigenvalue weighted by Gasteiger charge is 2.08. The maximum absolute atomic E-state index is 5.91. The summed E-state index contributed by atoms with van der Waals surface area (Å²) in [5.41, 5.74) is 1.13. The van der Waals surface area contributed by atoms with Gasteiger partial charge in [-0.2, -0.15) is 0 Å². The summed E-state index contributed by atoms with van der Waals surface area (Å²) in [6.07, 6.45) is 0. The van der Waals surface area contributed by atoms with E-state index in [2.05, 4.69) is 28.0 Å². The second kappa shape index (κ2) is 3.28. The van der Waals surface area contributed by atoms with Crippen molar-refractivity contribution in [1.82, 2.24) is 0 Å². The summed E-state index contributed by atoms with van der Waals surface area (Å²) in [6, 6.07) is 0. The molecule has 0 spiro atoms. The fourth-order valence-corrected chi connectivity index (χ4v) is 3.30. The molecule has 0 saturated carbocycles. The van der Waals surface area contributed by atoms with Gasteiger partial charge in [0.2, 0.25) is 0 Å². The predicted octanol–water partition coefficient (Wildman–Crippen LogP) is 3.07. The van der Waals surface area contributed by atoms with Crippen molar-refractivity contribution in [2.75, 3.05) is 19.0 Å². The first kappa shape index (κ1) is 8.62. The number of hydrogen-bond acceptors (Lipinski definition) is 2. The highest BCUT2D eigenvalue weighted by atomic mass is 127. The molecule has 0 fully saturated rings. The Bertz CT molecular complexity index is 214. The third-order valence-electron chi connectivity index (χ3n) is 1.13. The summed E-state index contributed by atoms with van der Waals surface area (Å²) in [6.45, 7) is 0. The third-order valence-corrected chi connectivity index (χ3v) is 3.57. The molecule has 1 rings (SSSR count). The molecule has 0 aliphatic rings. The Balaban J connectivity index is 3.10. The first-order chi connectivity index (χ1) is 4.63. The summed E-state index contributed by atoms with van der Waals surface area (Å²) >= 11 is 9.77. The normalized spacial score (nSPS) is 10.0. The van der Waals surface area contributed by atoms with Crippen LogP contribution in [0.1, 0.15) is 0 Å². The first-order valence-corrected chi connectivity index (χ1v) is 5.06. The molecule has 0 bridgehead atoms.